The average Bonchev–Trinajstić information content (AvgIpc) is 2.73. The molecule has 11 heteroatoms. The molecule has 0 aliphatic rings. The normalized spacial score (nSPS) is 18.8. The fourth-order valence-electron chi connectivity index (χ4n) is 4.51. The number of methoxy groups -OCH3 is 6. The summed E-state index contributed by atoms with van der Waals surface area (Å²) >= 11 is 0. The van der Waals surface area contributed by atoms with E-state index in [9.17, 15) is 0 Å². The van der Waals surface area contributed by atoms with Crippen LogP contribution in [-0.4, -0.2) is 105 Å². The Morgan fingerprint density at radius 3 is 0.967 bits per heavy atom. The first kappa shape index (κ1) is 30.6. The lowest BCUT2D eigenvalue weighted by Crippen LogP contribution is -2.40. The quantitative estimate of drug-likeness (QED) is 0.181. The molecule has 0 aliphatic heterocycles. The predicted octanol–water partition coefficient (Wildman–Crippen LogP) is -0.147. The van der Waals surface area contributed by atoms with Crippen LogP contribution in [0, 0.1) is 0 Å². The summed E-state index contributed by atoms with van der Waals surface area (Å²) in [5, 5.41) is 0. The van der Waals surface area contributed by atoms with Crippen LogP contribution >= 0.6 is 0 Å². The highest BCUT2D eigenvalue weighted by Gasteiger charge is 2.36. The van der Waals surface area contributed by atoms with E-state index in [0.29, 0.717) is 16.6 Å². The Hall–Kier alpha value is 0.588. The summed E-state index contributed by atoms with van der Waals surface area (Å²) < 4.78 is 39.5. The van der Waals surface area contributed by atoms with E-state index in [0.717, 1.165) is 29.7 Å². The van der Waals surface area contributed by atoms with Crippen molar-refractivity contribution in [3.8, 4) is 0 Å². The first-order valence-electron chi connectivity index (χ1n) is 10.9. The van der Waals surface area contributed by atoms with Crippen molar-refractivity contribution in [2.45, 2.75) is 80.0 Å². The zero-order valence-electron chi connectivity index (χ0n) is 21.1. The third kappa shape index (κ3) is 12.0. The van der Waals surface area contributed by atoms with E-state index >= 15 is 0 Å². The van der Waals surface area contributed by atoms with Crippen LogP contribution in [0.1, 0.15) is 40.0 Å². The summed E-state index contributed by atoms with van der Waals surface area (Å²) in [6, 6.07) is 0. The van der Waals surface area contributed by atoms with Crippen LogP contribution < -0.4 is 0 Å². The highest BCUT2D eigenvalue weighted by atomic mass is 28.2. The van der Waals surface area contributed by atoms with Gasteiger partial charge in [0, 0.05) is 42.7 Å². The van der Waals surface area contributed by atoms with Crippen molar-refractivity contribution in [1.29, 1.82) is 0 Å². The van der Waals surface area contributed by atoms with E-state index in [1.165, 1.54) is 0 Å². The molecule has 0 fully saturated rings. The third-order valence-corrected chi connectivity index (χ3v) is 13.3. The molecule has 0 aliphatic carbocycles. The predicted molar refractivity (Wildman–Crippen MR) is 135 cm³/mol. The molecule has 3 unspecified atom stereocenters. The molecule has 0 saturated heterocycles. The van der Waals surface area contributed by atoms with Crippen LogP contribution in [0.3, 0.4) is 0 Å². The van der Waals surface area contributed by atoms with Crippen molar-refractivity contribution in [3.63, 3.8) is 0 Å². The number of ether oxygens (including phenoxy) is 6. The number of hydrogen-bond acceptors (Lipinski definition) is 7. The van der Waals surface area contributed by atoms with Crippen LogP contribution in [0.4, 0.5) is 0 Å². The fourth-order valence-corrected chi connectivity index (χ4v) is 10.2. The summed E-state index contributed by atoms with van der Waals surface area (Å²) in [7, 11) is 9.46. The van der Waals surface area contributed by atoms with E-state index in [4.69, 9.17) is 32.8 Å². The highest BCUT2D eigenvalue weighted by molar-refractivity contribution is 6.39. The van der Waals surface area contributed by atoms with E-state index < -0.39 is 28.6 Å². The van der Waals surface area contributed by atoms with Crippen molar-refractivity contribution in [2.75, 3.05) is 42.7 Å². The minimum Gasteiger partial charge on any atom is -0.422 e. The number of rotatable bonds is 19. The maximum absolute atomic E-state index is 6.46. The molecule has 0 aromatic carbocycles. The second-order valence-electron chi connectivity index (χ2n) is 8.73. The largest absolute Gasteiger partial charge is 0.422 e. The average molecular weight is 501 g/mol. The van der Waals surface area contributed by atoms with Gasteiger partial charge >= 0.3 is 0 Å². The Labute approximate surface area is 194 Å². The van der Waals surface area contributed by atoms with Crippen molar-refractivity contribution < 1.29 is 32.8 Å². The van der Waals surface area contributed by atoms with Gasteiger partial charge < -0.3 is 32.8 Å². The lowest BCUT2D eigenvalue weighted by Gasteiger charge is -2.40. The Morgan fingerprint density at radius 1 is 0.567 bits per heavy atom. The van der Waals surface area contributed by atoms with Crippen molar-refractivity contribution >= 4 is 39.0 Å². The van der Waals surface area contributed by atoms with Crippen LogP contribution in [-0.2, 0) is 32.8 Å². The van der Waals surface area contributed by atoms with Gasteiger partial charge in [0.15, 0.2) is 0 Å². The fraction of sp³-hybridized carbons (Fsp3) is 1.00. The monoisotopic (exact) mass is 500 g/mol. The second kappa shape index (κ2) is 17.1. The van der Waals surface area contributed by atoms with Gasteiger partial charge in [-0.25, -0.2) is 0 Å². The molecule has 0 aromatic heterocycles. The highest BCUT2D eigenvalue weighted by Crippen LogP contribution is 2.39. The molecule has 3 atom stereocenters. The van der Waals surface area contributed by atoms with Gasteiger partial charge in [-0.3, -0.25) is 0 Å². The molecule has 182 valence electrons. The molecular formula is C19H48O7Si4. The zero-order chi connectivity index (χ0) is 23.2. The van der Waals surface area contributed by atoms with E-state index in [1.54, 1.807) is 42.7 Å². The van der Waals surface area contributed by atoms with Crippen molar-refractivity contribution in [2.24, 2.45) is 0 Å². The number of hydrogen-bond donors (Lipinski definition) is 0. The minimum atomic E-state index is -0.554. The maximum Gasteiger partial charge on any atom is 0.146 e. The first-order valence-corrected chi connectivity index (χ1v) is 16.7. The summed E-state index contributed by atoms with van der Waals surface area (Å²) in [6.07, 6.45) is 3.16. The molecule has 0 rings (SSSR count). The third-order valence-electron chi connectivity index (χ3n) is 5.96. The molecular weight excluding hydrogens is 453 g/mol. The van der Waals surface area contributed by atoms with Gasteiger partial charge in [0.2, 0.25) is 0 Å². The maximum atomic E-state index is 6.46. The Bertz CT molecular complexity index is 355. The molecule has 7 nitrogen and oxygen atoms in total. The van der Waals surface area contributed by atoms with Gasteiger partial charge in [-0.05, 0) is 35.9 Å². The van der Waals surface area contributed by atoms with Gasteiger partial charge in [0.1, 0.15) is 28.2 Å². The summed E-state index contributed by atoms with van der Waals surface area (Å²) in [5.41, 5.74) is 1.58. The van der Waals surface area contributed by atoms with E-state index in [-0.39, 0.29) is 23.3 Å². The Morgan fingerprint density at radius 2 is 0.800 bits per heavy atom. The molecule has 0 bridgehead atoms. The summed E-state index contributed by atoms with van der Waals surface area (Å²) in [5.74, 6) is -0.116. The molecule has 0 heterocycles. The molecule has 0 aromatic rings. The van der Waals surface area contributed by atoms with E-state index in [1.807, 2.05) is 0 Å². The molecule has 0 N–H and O–H groups in total. The zero-order valence-corrected chi connectivity index (χ0v) is 27.3. The van der Waals surface area contributed by atoms with Crippen molar-refractivity contribution in [3.05, 3.63) is 0 Å². The Kier molecular flexibility index (Phi) is 17.5. The van der Waals surface area contributed by atoms with Crippen LogP contribution in [0.5, 0.6) is 0 Å². The van der Waals surface area contributed by atoms with Gasteiger partial charge in [0.25, 0.3) is 0 Å². The first-order chi connectivity index (χ1) is 14.2. The van der Waals surface area contributed by atoms with Gasteiger partial charge in [-0.2, -0.15) is 0 Å². The molecule has 0 radical (unpaired) electrons. The van der Waals surface area contributed by atoms with Crippen LogP contribution in [0.15, 0.2) is 0 Å². The van der Waals surface area contributed by atoms with Gasteiger partial charge in [-0.1, -0.05) is 20.8 Å². The van der Waals surface area contributed by atoms with Crippen LogP contribution in [0.2, 0.25) is 16.6 Å². The second-order valence-corrected chi connectivity index (χ2v) is 16.7. The summed E-state index contributed by atoms with van der Waals surface area (Å²) in [4.78, 5) is 0. The Balaban J connectivity index is 5.39. The molecule has 30 heavy (non-hydrogen) atoms. The smallest absolute Gasteiger partial charge is 0.146 e. The molecule has 0 amide bonds. The summed E-state index contributed by atoms with van der Waals surface area (Å²) in [6.45, 7) is 6.99. The minimum absolute atomic E-state index is 0.0388. The lowest BCUT2D eigenvalue weighted by atomic mass is 9.87. The van der Waals surface area contributed by atoms with Gasteiger partial charge in [-0.15, -0.1) is 0 Å². The van der Waals surface area contributed by atoms with Crippen molar-refractivity contribution in [1.82, 2.24) is 0 Å². The van der Waals surface area contributed by atoms with Gasteiger partial charge in [0.05, 0.1) is 34.2 Å². The topological polar surface area (TPSA) is 64.6 Å². The lowest BCUT2D eigenvalue weighted by molar-refractivity contribution is -0.0471. The SMILES string of the molecule is COC(OC)[SiH2]C(C)CC(CC(C)[SiH2]C(OC)OC)(CC(C)[SiH2]C(OC)OC)O[SiH3]. The molecule has 0 saturated carbocycles. The molecule has 0 spiro atoms. The van der Waals surface area contributed by atoms with Crippen LogP contribution in [0.25, 0.3) is 0 Å². The standard InChI is InChI=1S/C19H48O7Si4/c1-13(28-16(20-4)21-5)10-19(26-27,11-14(2)29-17(22-6)23-7)12-15(3)30-18(24-8)25-9/h13-18H,10-12,28-30H2,1-9,27H3. The van der Waals surface area contributed by atoms with E-state index in [2.05, 4.69) is 20.8 Å².